The second-order valence-corrected chi connectivity index (χ2v) is 4.96. The predicted molar refractivity (Wildman–Crippen MR) is 80.5 cm³/mol. The summed E-state index contributed by atoms with van der Waals surface area (Å²) in [4.78, 5) is 4.40. The Morgan fingerprint density at radius 1 is 1.20 bits per heavy atom. The number of nitrogens with two attached hydrogens (primary N) is 1. The summed E-state index contributed by atoms with van der Waals surface area (Å²) in [6.45, 7) is 3.99. The summed E-state index contributed by atoms with van der Waals surface area (Å²) in [6, 6.07) is 12.2. The second-order valence-electron chi connectivity index (χ2n) is 4.96. The van der Waals surface area contributed by atoms with Crippen LogP contribution in [0.4, 0.5) is 0 Å². The van der Waals surface area contributed by atoms with Gasteiger partial charge in [-0.15, -0.1) is 0 Å². The normalized spacial score (nSPS) is 12.2. The molecule has 0 aliphatic rings. The van der Waals surface area contributed by atoms with E-state index in [1.165, 1.54) is 5.56 Å². The minimum atomic E-state index is 0.0579. The van der Waals surface area contributed by atoms with Crippen LogP contribution in [0.15, 0.2) is 36.4 Å². The SMILES string of the molecule is COc1cccc(CC(NN)c2cc(C)nc(C)c2)c1. The molecule has 2 aromatic rings. The van der Waals surface area contributed by atoms with E-state index in [-0.39, 0.29) is 6.04 Å². The van der Waals surface area contributed by atoms with Crippen molar-refractivity contribution in [3.63, 3.8) is 0 Å². The van der Waals surface area contributed by atoms with Crippen LogP contribution in [0.2, 0.25) is 0 Å². The van der Waals surface area contributed by atoms with E-state index < -0.39 is 0 Å². The molecule has 20 heavy (non-hydrogen) atoms. The first kappa shape index (κ1) is 14.5. The van der Waals surface area contributed by atoms with E-state index in [1.54, 1.807) is 7.11 Å². The maximum atomic E-state index is 5.72. The van der Waals surface area contributed by atoms with E-state index in [9.17, 15) is 0 Å². The van der Waals surface area contributed by atoms with Gasteiger partial charge in [0.25, 0.3) is 0 Å². The number of nitrogens with zero attached hydrogens (tertiary/aromatic N) is 1. The number of rotatable bonds is 5. The molecule has 0 fully saturated rings. The van der Waals surface area contributed by atoms with Crippen molar-refractivity contribution < 1.29 is 4.74 Å². The van der Waals surface area contributed by atoms with E-state index >= 15 is 0 Å². The van der Waals surface area contributed by atoms with Crippen molar-refractivity contribution >= 4 is 0 Å². The van der Waals surface area contributed by atoms with E-state index in [1.807, 2.05) is 32.0 Å². The second kappa shape index (κ2) is 6.50. The van der Waals surface area contributed by atoms with Gasteiger partial charge in [-0.25, -0.2) is 0 Å². The van der Waals surface area contributed by atoms with Gasteiger partial charge in [0.2, 0.25) is 0 Å². The Hall–Kier alpha value is -1.91. The van der Waals surface area contributed by atoms with Gasteiger partial charge in [0.05, 0.1) is 13.2 Å². The Bertz CT molecular complexity index is 563. The fraction of sp³-hybridized carbons (Fsp3) is 0.312. The Morgan fingerprint density at radius 2 is 1.90 bits per heavy atom. The molecular formula is C16H21N3O. The molecule has 0 bridgehead atoms. The summed E-state index contributed by atoms with van der Waals surface area (Å²) in [5.41, 5.74) is 7.23. The van der Waals surface area contributed by atoms with Crippen LogP contribution < -0.4 is 16.0 Å². The topological polar surface area (TPSA) is 60.2 Å². The van der Waals surface area contributed by atoms with Crippen LogP contribution in [-0.2, 0) is 6.42 Å². The molecule has 4 heteroatoms. The third-order valence-corrected chi connectivity index (χ3v) is 3.28. The highest BCUT2D eigenvalue weighted by molar-refractivity contribution is 5.31. The number of pyridine rings is 1. The van der Waals surface area contributed by atoms with Gasteiger partial charge in [0.15, 0.2) is 0 Å². The maximum Gasteiger partial charge on any atom is 0.119 e. The van der Waals surface area contributed by atoms with E-state index in [0.717, 1.165) is 29.1 Å². The molecule has 1 atom stereocenters. The smallest absolute Gasteiger partial charge is 0.119 e. The number of benzene rings is 1. The third-order valence-electron chi connectivity index (χ3n) is 3.28. The van der Waals surface area contributed by atoms with Crippen molar-refractivity contribution in [2.45, 2.75) is 26.3 Å². The minimum absolute atomic E-state index is 0.0579. The summed E-state index contributed by atoms with van der Waals surface area (Å²) < 4.78 is 5.25. The number of hydrogen-bond donors (Lipinski definition) is 2. The Kier molecular flexibility index (Phi) is 4.71. The van der Waals surface area contributed by atoms with Crippen molar-refractivity contribution in [1.29, 1.82) is 0 Å². The number of nitrogens with one attached hydrogen (secondary N) is 1. The van der Waals surface area contributed by atoms with E-state index in [4.69, 9.17) is 10.6 Å². The lowest BCUT2D eigenvalue weighted by Gasteiger charge is -2.18. The van der Waals surface area contributed by atoms with Crippen molar-refractivity contribution in [3.8, 4) is 5.75 Å². The molecule has 0 radical (unpaired) electrons. The first-order chi connectivity index (χ1) is 9.62. The monoisotopic (exact) mass is 271 g/mol. The van der Waals surface area contributed by atoms with Crippen molar-refractivity contribution in [3.05, 3.63) is 58.9 Å². The molecule has 1 aromatic heterocycles. The van der Waals surface area contributed by atoms with Gasteiger partial charge in [0.1, 0.15) is 5.75 Å². The highest BCUT2D eigenvalue weighted by Gasteiger charge is 2.12. The fourth-order valence-electron chi connectivity index (χ4n) is 2.38. The van der Waals surface area contributed by atoms with Crippen LogP contribution >= 0.6 is 0 Å². The zero-order chi connectivity index (χ0) is 14.5. The lowest BCUT2D eigenvalue weighted by Crippen LogP contribution is -2.29. The van der Waals surface area contributed by atoms with Crippen LogP contribution in [0.3, 0.4) is 0 Å². The van der Waals surface area contributed by atoms with Crippen LogP contribution in [0, 0.1) is 13.8 Å². The van der Waals surface area contributed by atoms with Crippen LogP contribution in [-0.4, -0.2) is 12.1 Å². The Labute approximate surface area is 120 Å². The zero-order valence-corrected chi connectivity index (χ0v) is 12.2. The average Bonchev–Trinajstić information content (AvgIpc) is 2.44. The minimum Gasteiger partial charge on any atom is -0.497 e. The highest BCUT2D eigenvalue weighted by Crippen LogP contribution is 2.21. The largest absolute Gasteiger partial charge is 0.497 e. The molecule has 0 saturated heterocycles. The fourth-order valence-corrected chi connectivity index (χ4v) is 2.38. The molecule has 0 aliphatic heterocycles. The quantitative estimate of drug-likeness (QED) is 0.648. The molecule has 1 unspecified atom stereocenters. The Morgan fingerprint density at radius 3 is 2.50 bits per heavy atom. The van der Waals surface area contributed by atoms with Gasteiger partial charge < -0.3 is 4.74 Å². The summed E-state index contributed by atoms with van der Waals surface area (Å²) in [5.74, 6) is 6.58. The lowest BCUT2D eigenvalue weighted by atomic mass is 9.99. The molecule has 3 N–H and O–H groups in total. The highest BCUT2D eigenvalue weighted by atomic mass is 16.5. The molecule has 0 amide bonds. The van der Waals surface area contributed by atoms with Gasteiger partial charge in [-0.1, -0.05) is 12.1 Å². The predicted octanol–water partition coefficient (Wildman–Crippen LogP) is 2.45. The average molecular weight is 271 g/mol. The van der Waals surface area contributed by atoms with E-state index in [2.05, 4.69) is 28.6 Å². The summed E-state index contributed by atoms with van der Waals surface area (Å²) in [6.07, 6.45) is 0.802. The van der Waals surface area contributed by atoms with Crippen LogP contribution in [0.25, 0.3) is 0 Å². The number of methoxy groups -OCH3 is 1. The standard InChI is InChI=1S/C16H21N3O/c1-11-7-14(8-12(2)18-11)16(19-17)10-13-5-4-6-15(9-13)20-3/h4-9,16,19H,10,17H2,1-3H3. The summed E-state index contributed by atoms with van der Waals surface area (Å²) in [7, 11) is 1.67. The number of hydrazine groups is 1. The number of ether oxygens (including phenoxy) is 1. The molecule has 106 valence electrons. The molecule has 2 rings (SSSR count). The van der Waals surface area contributed by atoms with Crippen LogP contribution in [0.5, 0.6) is 5.75 Å². The van der Waals surface area contributed by atoms with Gasteiger partial charge in [-0.2, -0.15) is 0 Å². The molecule has 0 saturated carbocycles. The molecule has 1 heterocycles. The van der Waals surface area contributed by atoms with Gasteiger partial charge in [0, 0.05) is 11.4 Å². The molecule has 0 aliphatic carbocycles. The number of hydrogen-bond acceptors (Lipinski definition) is 4. The van der Waals surface area contributed by atoms with Crippen molar-refractivity contribution in [2.24, 2.45) is 5.84 Å². The lowest BCUT2D eigenvalue weighted by molar-refractivity contribution is 0.414. The van der Waals surface area contributed by atoms with Crippen molar-refractivity contribution in [1.82, 2.24) is 10.4 Å². The Balaban J connectivity index is 2.23. The first-order valence-electron chi connectivity index (χ1n) is 6.66. The summed E-state index contributed by atoms with van der Waals surface area (Å²) >= 11 is 0. The number of aryl methyl sites for hydroxylation is 2. The maximum absolute atomic E-state index is 5.72. The van der Waals surface area contributed by atoms with Gasteiger partial charge in [-0.3, -0.25) is 16.3 Å². The molecular weight excluding hydrogens is 250 g/mol. The first-order valence-corrected chi connectivity index (χ1v) is 6.66. The van der Waals surface area contributed by atoms with Gasteiger partial charge in [-0.05, 0) is 55.7 Å². The van der Waals surface area contributed by atoms with Crippen LogP contribution in [0.1, 0.15) is 28.6 Å². The molecule has 4 nitrogen and oxygen atoms in total. The van der Waals surface area contributed by atoms with Crippen molar-refractivity contribution in [2.75, 3.05) is 7.11 Å². The zero-order valence-electron chi connectivity index (χ0n) is 12.2. The summed E-state index contributed by atoms with van der Waals surface area (Å²) in [5, 5.41) is 0. The number of aromatic nitrogens is 1. The van der Waals surface area contributed by atoms with E-state index in [0.29, 0.717) is 0 Å². The van der Waals surface area contributed by atoms with Gasteiger partial charge >= 0.3 is 0 Å². The molecule has 1 aromatic carbocycles. The third kappa shape index (κ3) is 3.56. The molecule has 0 spiro atoms.